The first-order valence-electron chi connectivity index (χ1n) is 7.72. The zero-order valence-electron chi connectivity index (χ0n) is 13.9. The van der Waals surface area contributed by atoms with E-state index in [9.17, 15) is 9.59 Å². The van der Waals surface area contributed by atoms with Gasteiger partial charge in [0, 0.05) is 22.3 Å². The molecule has 6 heteroatoms. The highest BCUT2D eigenvalue weighted by atomic mass is 35.5. The van der Waals surface area contributed by atoms with Crippen molar-refractivity contribution >= 4 is 34.0 Å². The lowest BCUT2D eigenvalue weighted by molar-refractivity contribution is -0.116. The SMILES string of the molecule is COc1ccc2c(=O)n(CC(=O)Nc3cccc(Cl)c3C)ccc2c1. The molecule has 0 bridgehead atoms. The largest absolute Gasteiger partial charge is 0.497 e. The molecule has 25 heavy (non-hydrogen) atoms. The van der Waals surface area contributed by atoms with Gasteiger partial charge in [-0.05, 0) is 54.3 Å². The molecule has 2 aromatic carbocycles. The van der Waals surface area contributed by atoms with Crippen LogP contribution < -0.4 is 15.6 Å². The summed E-state index contributed by atoms with van der Waals surface area (Å²) in [6, 6.07) is 12.3. The van der Waals surface area contributed by atoms with Crippen molar-refractivity contribution in [1.29, 1.82) is 0 Å². The maximum absolute atomic E-state index is 12.6. The number of methoxy groups -OCH3 is 1. The smallest absolute Gasteiger partial charge is 0.258 e. The number of pyridine rings is 1. The number of nitrogens with one attached hydrogen (secondary N) is 1. The molecule has 0 radical (unpaired) electrons. The molecule has 128 valence electrons. The predicted octanol–water partition coefficient (Wildman–Crippen LogP) is 3.61. The van der Waals surface area contributed by atoms with Crippen LogP contribution in [0.3, 0.4) is 0 Å². The quantitative estimate of drug-likeness (QED) is 0.776. The lowest BCUT2D eigenvalue weighted by Gasteiger charge is -2.11. The molecule has 0 saturated heterocycles. The Balaban J connectivity index is 1.85. The van der Waals surface area contributed by atoms with Gasteiger partial charge in [0.05, 0.1) is 7.11 Å². The third-order valence-electron chi connectivity index (χ3n) is 4.04. The van der Waals surface area contributed by atoms with Gasteiger partial charge < -0.3 is 14.6 Å². The third-order valence-corrected chi connectivity index (χ3v) is 4.45. The van der Waals surface area contributed by atoms with E-state index in [1.54, 1.807) is 55.8 Å². The van der Waals surface area contributed by atoms with Crippen molar-refractivity contribution in [2.45, 2.75) is 13.5 Å². The van der Waals surface area contributed by atoms with Crippen molar-refractivity contribution < 1.29 is 9.53 Å². The molecule has 0 saturated carbocycles. The molecule has 0 aliphatic heterocycles. The van der Waals surface area contributed by atoms with E-state index < -0.39 is 0 Å². The topological polar surface area (TPSA) is 60.3 Å². The summed E-state index contributed by atoms with van der Waals surface area (Å²) in [6.07, 6.45) is 1.61. The Bertz CT molecular complexity index is 1010. The maximum Gasteiger partial charge on any atom is 0.258 e. The Hall–Kier alpha value is -2.79. The first kappa shape index (κ1) is 17.0. The lowest BCUT2D eigenvalue weighted by atomic mass is 10.1. The van der Waals surface area contributed by atoms with Crippen molar-refractivity contribution in [2.75, 3.05) is 12.4 Å². The minimum absolute atomic E-state index is 0.0766. The van der Waals surface area contributed by atoms with Crippen LogP contribution in [0.15, 0.2) is 53.5 Å². The summed E-state index contributed by atoms with van der Waals surface area (Å²) in [7, 11) is 1.57. The Morgan fingerprint density at radius 1 is 1.24 bits per heavy atom. The number of halogens is 1. The van der Waals surface area contributed by atoms with Crippen molar-refractivity contribution in [2.24, 2.45) is 0 Å². The molecule has 0 spiro atoms. The van der Waals surface area contributed by atoms with E-state index in [1.807, 2.05) is 6.92 Å². The predicted molar refractivity (Wildman–Crippen MR) is 99.6 cm³/mol. The van der Waals surface area contributed by atoms with Crippen LogP contribution >= 0.6 is 11.6 Å². The van der Waals surface area contributed by atoms with Crippen molar-refractivity contribution in [3.05, 3.63) is 69.6 Å². The normalized spacial score (nSPS) is 10.7. The van der Waals surface area contributed by atoms with Gasteiger partial charge in [-0.25, -0.2) is 0 Å². The van der Waals surface area contributed by atoms with E-state index in [0.717, 1.165) is 10.9 Å². The number of anilines is 1. The zero-order valence-corrected chi connectivity index (χ0v) is 14.6. The highest BCUT2D eigenvalue weighted by Crippen LogP contribution is 2.23. The van der Waals surface area contributed by atoms with Gasteiger partial charge in [-0.1, -0.05) is 17.7 Å². The number of fused-ring (bicyclic) bond motifs is 1. The molecule has 3 rings (SSSR count). The summed E-state index contributed by atoms with van der Waals surface area (Å²) < 4.78 is 6.54. The van der Waals surface area contributed by atoms with E-state index in [2.05, 4.69) is 5.32 Å². The summed E-state index contributed by atoms with van der Waals surface area (Å²) in [5, 5.41) is 4.68. The summed E-state index contributed by atoms with van der Waals surface area (Å²) >= 11 is 6.06. The Morgan fingerprint density at radius 2 is 2.04 bits per heavy atom. The molecule has 0 aliphatic carbocycles. The number of rotatable bonds is 4. The summed E-state index contributed by atoms with van der Waals surface area (Å²) in [5.41, 5.74) is 1.20. The van der Waals surface area contributed by atoms with Gasteiger partial charge in [-0.2, -0.15) is 0 Å². The van der Waals surface area contributed by atoms with E-state index in [1.165, 1.54) is 4.57 Å². The van der Waals surface area contributed by atoms with Gasteiger partial charge in [-0.3, -0.25) is 9.59 Å². The Morgan fingerprint density at radius 3 is 2.80 bits per heavy atom. The van der Waals surface area contributed by atoms with Crippen LogP contribution in [-0.2, 0) is 11.3 Å². The molecule has 0 fully saturated rings. The van der Waals surface area contributed by atoms with Gasteiger partial charge in [0.2, 0.25) is 5.91 Å². The molecular weight excluding hydrogens is 340 g/mol. The summed E-state index contributed by atoms with van der Waals surface area (Å²) in [5.74, 6) is 0.388. The number of hydrogen-bond donors (Lipinski definition) is 1. The van der Waals surface area contributed by atoms with Crippen LogP contribution in [0.4, 0.5) is 5.69 Å². The van der Waals surface area contributed by atoms with Gasteiger partial charge in [0.15, 0.2) is 0 Å². The van der Waals surface area contributed by atoms with Crippen molar-refractivity contribution in [3.8, 4) is 5.75 Å². The minimum atomic E-state index is -0.291. The molecule has 3 aromatic rings. The fraction of sp³-hybridized carbons (Fsp3) is 0.158. The number of nitrogens with zero attached hydrogens (tertiary/aromatic N) is 1. The molecule has 0 aliphatic rings. The van der Waals surface area contributed by atoms with Gasteiger partial charge in [-0.15, -0.1) is 0 Å². The first-order valence-corrected chi connectivity index (χ1v) is 8.09. The third kappa shape index (κ3) is 3.51. The minimum Gasteiger partial charge on any atom is -0.497 e. The fourth-order valence-electron chi connectivity index (χ4n) is 2.60. The maximum atomic E-state index is 12.6. The Labute approximate surface area is 149 Å². The van der Waals surface area contributed by atoms with Gasteiger partial charge in [0.1, 0.15) is 12.3 Å². The second-order valence-corrected chi connectivity index (χ2v) is 6.07. The second kappa shape index (κ2) is 6.99. The fourth-order valence-corrected chi connectivity index (χ4v) is 2.78. The average molecular weight is 357 g/mol. The molecular formula is C19H17ClN2O3. The highest BCUT2D eigenvalue weighted by molar-refractivity contribution is 6.31. The molecule has 1 amide bonds. The number of aromatic nitrogens is 1. The highest BCUT2D eigenvalue weighted by Gasteiger charge is 2.10. The standard InChI is InChI=1S/C19H17ClN2O3/c1-12-16(20)4-3-5-17(12)21-18(23)11-22-9-8-13-10-14(25-2)6-7-15(13)19(22)24/h3-10H,11H2,1-2H3,(H,21,23). The van der Waals surface area contributed by atoms with E-state index in [-0.39, 0.29) is 18.0 Å². The van der Waals surface area contributed by atoms with E-state index in [4.69, 9.17) is 16.3 Å². The van der Waals surface area contributed by atoms with E-state index in [0.29, 0.717) is 21.8 Å². The Kier molecular flexibility index (Phi) is 4.76. The average Bonchev–Trinajstić information content (AvgIpc) is 2.61. The number of benzene rings is 2. The molecule has 0 atom stereocenters. The second-order valence-electron chi connectivity index (χ2n) is 5.66. The van der Waals surface area contributed by atoms with E-state index >= 15 is 0 Å². The molecule has 1 heterocycles. The number of carbonyl (C=O) groups is 1. The lowest BCUT2D eigenvalue weighted by Crippen LogP contribution is -2.27. The van der Waals surface area contributed by atoms with Gasteiger partial charge >= 0.3 is 0 Å². The number of carbonyl (C=O) groups excluding carboxylic acids is 1. The molecule has 1 aromatic heterocycles. The van der Waals surface area contributed by atoms with Crippen LogP contribution in [0.25, 0.3) is 10.8 Å². The van der Waals surface area contributed by atoms with Gasteiger partial charge in [0.25, 0.3) is 5.56 Å². The monoisotopic (exact) mass is 356 g/mol. The summed E-state index contributed by atoms with van der Waals surface area (Å²) in [4.78, 5) is 24.9. The van der Waals surface area contributed by atoms with Crippen molar-refractivity contribution in [3.63, 3.8) is 0 Å². The number of ether oxygens (including phenoxy) is 1. The first-order chi connectivity index (χ1) is 12.0. The molecule has 5 nitrogen and oxygen atoms in total. The van der Waals surface area contributed by atoms with Crippen LogP contribution in [0.1, 0.15) is 5.56 Å². The van der Waals surface area contributed by atoms with Crippen LogP contribution in [0.2, 0.25) is 5.02 Å². The van der Waals surface area contributed by atoms with Crippen LogP contribution in [0.5, 0.6) is 5.75 Å². The molecule has 0 unspecified atom stereocenters. The van der Waals surface area contributed by atoms with Crippen LogP contribution in [0, 0.1) is 6.92 Å². The number of hydrogen-bond acceptors (Lipinski definition) is 3. The van der Waals surface area contributed by atoms with Crippen molar-refractivity contribution in [1.82, 2.24) is 4.57 Å². The molecule has 1 N–H and O–H groups in total. The zero-order chi connectivity index (χ0) is 18.0. The summed E-state index contributed by atoms with van der Waals surface area (Å²) in [6.45, 7) is 1.75. The number of amides is 1. The van der Waals surface area contributed by atoms with Crippen LogP contribution in [-0.4, -0.2) is 17.6 Å².